The lowest BCUT2D eigenvalue weighted by atomic mass is 9.96. The van der Waals surface area contributed by atoms with E-state index in [1.165, 1.54) is 18.5 Å². The van der Waals surface area contributed by atoms with Crippen LogP contribution in [0.25, 0.3) is 0 Å². The monoisotopic (exact) mass is 330 g/mol. The SMILES string of the molecule is CCNC(=NCC(C)N(C)c1ccccc1)NC1CC2CCC1O2. The molecule has 0 amide bonds. The van der Waals surface area contributed by atoms with Crippen molar-refractivity contribution in [2.45, 2.75) is 57.4 Å². The Balaban J connectivity index is 1.57. The zero-order valence-electron chi connectivity index (χ0n) is 15.0. The summed E-state index contributed by atoms with van der Waals surface area (Å²) in [5, 5.41) is 6.95. The number of fused-ring (bicyclic) bond motifs is 2. The summed E-state index contributed by atoms with van der Waals surface area (Å²) in [6.45, 7) is 5.94. The minimum absolute atomic E-state index is 0.333. The Labute approximate surface area is 145 Å². The van der Waals surface area contributed by atoms with Gasteiger partial charge in [-0.1, -0.05) is 18.2 Å². The normalized spacial score (nSPS) is 27.1. The Morgan fingerprint density at radius 2 is 2.12 bits per heavy atom. The number of guanidine groups is 1. The predicted molar refractivity (Wildman–Crippen MR) is 99.7 cm³/mol. The molecule has 1 aromatic carbocycles. The molecule has 5 nitrogen and oxygen atoms in total. The van der Waals surface area contributed by atoms with E-state index in [0.29, 0.717) is 24.3 Å². The van der Waals surface area contributed by atoms with Crippen LogP contribution in [0.2, 0.25) is 0 Å². The summed E-state index contributed by atoms with van der Waals surface area (Å²) in [6, 6.07) is 11.2. The summed E-state index contributed by atoms with van der Waals surface area (Å²) in [4.78, 5) is 7.08. The predicted octanol–water partition coefficient (Wildman–Crippen LogP) is 2.39. The minimum Gasteiger partial charge on any atom is -0.373 e. The van der Waals surface area contributed by atoms with E-state index >= 15 is 0 Å². The Bertz CT molecular complexity index is 548. The van der Waals surface area contributed by atoms with Crippen molar-refractivity contribution in [2.75, 3.05) is 25.0 Å². The van der Waals surface area contributed by atoms with Crippen LogP contribution in [0.3, 0.4) is 0 Å². The van der Waals surface area contributed by atoms with E-state index in [2.05, 4.69) is 60.7 Å². The molecular formula is C19H30N4O. The quantitative estimate of drug-likeness (QED) is 0.621. The van der Waals surface area contributed by atoms with Gasteiger partial charge in [0.15, 0.2) is 5.96 Å². The molecule has 2 bridgehead atoms. The average molecular weight is 330 g/mol. The van der Waals surface area contributed by atoms with Gasteiger partial charge >= 0.3 is 0 Å². The second-order valence-corrected chi connectivity index (χ2v) is 6.88. The van der Waals surface area contributed by atoms with Crippen molar-refractivity contribution in [3.8, 4) is 0 Å². The molecular weight excluding hydrogens is 300 g/mol. The van der Waals surface area contributed by atoms with Gasteiger partial charge in [-0.25, -0.2) is 0 Å². The molecule has 2 aliphatic rings. The highest BCUT2D eigenvalue weighted by atomic mass is 16.5. The van der Waals surface area contributed by atoms with Crippen LogP contribution in [-0.2, 0) is 4.74 Å². The second kappa shape index (κ2) is 7.88. The molecule has 24 heavy (non-hydrogen) atoms. The van der Waals surface area contributed by atoms with Crippen molar-refractivity contribution in [1.82, 2.24) is 10.6 Å². The van der Waals surface area contributed by atoms with E-state index in [9.17, 15) is 0 Å². The summed E-state index contributed by atoms with van der Waals surface area (Å²) in [5.74, 6) is 0.909. The smallest absolute Gasteiger partial charge is 0.191 e. The van der Waals surface area contributed by atoms with Crippen LogP contribution in [0.1, 0.15) is 33.1 Å². The third-order valence-corrected chi connectivity index (χ3v) is 5.11. The van der Waals surface area contributed by atoms with Gasteiger partial charge in [0.25, 0.3) is 0 Å². The van der Waals surface area contributed by atoms with Crippen molar-refractivity contribution in [1.29, 1.82) is 0 Å². The molecule has 2 N–H and O–H groups in total. The summed E-state index contributed by atoms with van der Waals surface area (Å²) >= 11 is 0. The van der Waals surface area contributed by atoms with Gasteiger partial charge in [0.2, 0.25) is 0 Å². The Morgan fingerprint density at radius 1 is 1.33 bits per heavy atom. The fourth-order valence-electron chi connectivity index (χ4n) is 3.55. The van der Waals surface area contributed by atoms with E-state index in [-0.39, 0.29) is 0 Å². The van der Waals surface area contributed by atoms with Crippen LogP contribution >= 0.6 is 0 Å². The molecule has 5 heteroatoms. The number of hydrogen-bond acceptors (Lipinski definition) is 3. The van der Waals surface area contributed by atoms with E-state index in [4.69, 9.17) is 9.73 Å². The van der Waals surface area contributed by atoms with Crippen molar-refractivity contribution < 1.29 is 4.74 Å². The largest absolute Gasteiger partial charge is 0.373 e. The average Bonchev–Trinajstić information content (AvgIpc) is 3.22. The number of nitrogens with zero attached hydrogens (tertiary/aromatic N) is 2. The summed E-state index contributed by atoms with van der Waals surface area (Å²) in [5.41, 5.74) is 1.22. The lowest BCUT2D eigenvalue weighted by Crippen LogP contribution is -2.48. The number of ether oxygens (including phenoxy) is 1. The zero-order chi connectivity index (χ0) is 16.9. The lowest BCUT2D eigenvalue weighted by molar-refractivity contribution is 0.0992. The van der Waals surface area contributed by atoms with Gasteiger partial charge in [-0.2, -0.15) is 0 Å². The van der Waals surface area contributed by atoms with Crippen LogP contribution in [-0.4, -0.2) is 50.4 Å². The van der Waals surface area contributed by atoms with Gasteiger partial charge in [-0.15, -0.1) is 0 Å². The molecule has 0 aromatic heterocycles. The lowest BCUT2D eigenvalue weighted by Gasteiger charge is -2.27. The molecule has 0 spiro atoms. The third kappa shape index (κ3) is 4.01. The molecule has 2 heterocycles. The number of aliphatic imine (C=N–C) groups is 1. The van der Waals surface area contributed by atoms with Crippen molar-refractivity contribution in [2.24, 2.45) is 4.99 Å². The van der Waals surface area contributed by atoms with Gasteiger partial charge in [0.05, 0.1) is 24.8 Å². The van der Waals surface area contributed by atoms with Crippen LogP contribution in [0.4, 0.5) is 5.69 Å². The Hall–Kier alpha value is -1.75. The van der Waals surface area contributed by atoms with Gasteiger partial charge in [-0.05, 0) is 45.2 Å². The Kier molecular flexibility index (Phi) is 5.61. The van der Waals surface area contributed by atoms with Gasteiger partial charge in [0, 0.05) is 25.3 Å². The molecule has 4 unspecified atom stereocenters. The fourth-order valence-corrected chi connectivity index (χ4v) is 3.55. The van der Waals surface area contributed by atoms with Gasteiger partial charge < -0.3 is 20.3 Å². The standard InChI is InChI=1S/C19H30N4O/c1-4-20-19(22-17-12-16-10-11-18(17)24-16)21-13-14(2)23(3)15-8-6-5-7-9-15/h5-9,14,16-18H,4,10-13H2,1-3H3,(H2,20,21,22). The zero-order valence-corrected chi connectivity index (χ0v) is 15.0. The first-order valence-electron chi connectivity index (χ1n) is 9.15. The summed E-state index contributed by atoms with van der Waals surface area (Å²) in [7, 11) is 2.12. The molecule has 132 valence electrons. The molecule has 2 fully saturated rings. The highest BCUT2D eigenvalue weighted by Gasteiger charge is 2.41. The number of benzene rings is 1. The van der Waals surface area contributed by atoms with Crippen molar-refractivity contribution in [3.05, 3.63) is 30.3 Å². The maximum Gasteiger partial charge on any atom is 0.191 e. The van der Waals surface area contributed by atoms with Crippen LogP contribution in [0.5, 0.6) is 0 Å². The maximum atomic E-state index is 5.93. The Morgan fingerprint density at radius 3 is 2.75 bits per heavy atom. The number of para-hydroxylation sites is 1. The second-order valence-electron chi connectivity index (χ2n) is 6.88. The molecule has 2 saturated heterocycles. The first-order valence-corrected chi connectivity index (χ1v) is 9.15. The van der Waals surface area contributed by atoms with E-state index < -0.39 is 0 Å². The number of nitrogens with one attached hydrogen (secondary N) is 2. The first kappa shape index (κ1) is 17.1. The first-order chi connectivity index (χ1) is 11.7. The summed E-state index contributed by atoms with van der Waals surface area (Å²) in [6.07, 6.45) is 4.32. The molecule has 0 radical (unpaired) electrons. The van der Waals surface area contributed by atoms with Crippen LogP contribution in [0.15, 0.2) is 35.3 Å². The van der Waals surface area contributed by atoms with Gasteiger partial charge in [-0.3, -0.25) is 4.99 Å². The number of rotatable bonds is 6. The fraction of sp³-hybridized carbons (Fsp3) is 0.632. The van der Waals surface area contributed by atoms with E-state index in [0.717, 1.165) is 25.5 Å². The molecule has 0 aliphatic carbocycles. The molecule has 3 rings (SSSR count). The minimum atomic E-state index is 0.333. The van der Waals surface area contributed by atoms with Crippen LogP contribution in [0, 0.1) is 0 Å². The van der Waals surface area contributed by atoms with Crippen LogP contribution < -0.4 is 15.5 Å². The van der Waals surface area contributed by atoms with Crippen molar-refractivity contribution in [3.63, 3.8) is 0 Å². The highest BCUT2D eigenvalue weighted by molar-refractivity contribution is 5.80. The maximum absolute atomic E-state index is 5.93. The van der Waals surface area contributed by atoms with E-state index in [1.54, 1.807) is 0 Å². The number of hydrogen-bond donors (Lipinski definition) is 2. The number of likely N-dealkylation sites (N-methyl/N-ethyl adjacent to an activating group) is 1. The topological polar surface area (TPSA) is 48.9 Å². The molecule has 0 saturated carbocycles. The van der Waals surface area contributed by atoms with Gasteiger partial charge in [0.1, 0.15) is 0 Å². The van der Waals surface area contributed by atoms with E-state index in [1.807, 2.05) is 6.07 Å². The molecule has 4 atom stereocenters. The molecule has 1 aromatic rings. The molecule has 2 aliphatic heterocycles. The summed E-state index contributed by atoms with van der Waals surface area (Å²) < 4.78 is 5.93. The number of anilines is 1. The third-order valence-electron chi connectivity index (χ3n) is 5.11. The highest BCUT2D eigenvalue weighted by Crippen LogP contribution is 2.34. The van der Waals surface area contributed by atoms with Crippen molar-refractivity contribution >= 4 is 11.6 Å².